The Morgan fingerprint density at radius 1 is 1.23 bits per heavy atom. The molecular formula is C9H9NO3. The fraction of sp³-hybridized carbons (Fsp3) is 0. The molecule has 0 aliphatic rings. The number of benzene rings is 1. The van der Waals surface area contributed by atoms with E-state index >= 15 is 0 Å². The Morgan fingerprint density at radius 2 is 1.77 bits per heavy atom. The SMILES string of the molecule is Nc1ccc(/C=C(/O)C(=O)O)cc1. The molecule has 1 aromatic carbocycles. The number of hydrogen-bond donors (Lipinski definition) is 3. The third kappa shape index (κ3) is 2.52. The molecule has 0 saturated heterocycles. The molecular weight excluding hydrogens is 170 g/mol. The lowest BCUT2D eigenvalue weighted by atomic mass is 10.2. The summed E-state index contributed by atoms with van der Waals surface area (Å²) in [4.78, 5) is 10.2. The first kappa shape index (κ1) is 9.12. The maximum atomic E-state index is 10.2. The highest BCUT2D eigenvalue weighted by Crippen LogP contribution is 2.08. The lowest BCUT2D eigenvalue weighted by Crippen LogP contribution is -1.98. The molecule has 1 aromatic rings. The molecule has 0 aromatic heterocycles. The zero-order valence-corrected chi connectivity index (χ0v) is 6.77. The summed E-state index contributed by atoms with van der Waals surface area (Å²) in [6.45, 7) is 0. The summed E-state index contributed by atoms with van der Waals surface area (Å²) in [5.41, 5.74) is 6.60. The van der Waals surface area contributed by atoms with Gasteiger partial charge >= 0.3 is 5.97 Å². The maximum Gasteiger partial charge on any atom is 0.370 e. The number of carbonyl (C=O) groups is 1. The lowest BCUT2D eigenvalue weighted by Gasteiger charge is -1.95. The van der Waals surface area contributed by atoms with E-state index in [-0.39, 0.29) is 0 Å². The highest BCUT2D eigenvalue weighted by molar-refractivity contribution is 5.89. The van der Waals surface area contributed by atoms with Gasteiger partial charge in [-0.15, -0.1) is 0 Å². The number of anilines is 1. The minimum absolute atomic E-state index is 0.590. The molecule has 0 saturated carbocycles. The third-order valence-corrected chi connectivity index (χ3v) is 1.46. The van der Waals surface area contributed by atoms with Gasteiger partial charge in [-0.1, -0.05) is 12.1 Å². The monoisotopic (exact) mass is 179 g/mol. The maximum absolute atomic E-state index is 10.2. The molecule has 68 valence electrons. The van der Waals surface area contributed by atoms with Gasteiger partial charge in [0.25, 0.3) is 0 Å². The van der Waals surface area contributed by atoms with Crippen LogP contribution in [0.25, 0.3) is 6.08 Å². The number of aliphatic carboxylic acids is 1. The lowest BCUT2D eigenvalue weighted by molar-refractivity contribution is -0.135. The average molecular weight is 179 g/mol. The van der Waals surface area contributed by atoms with Crippen LogP contribution in [0.4, 0.5) is 5.69 Å². The second-order valence-electron chi connectivity index (χ2n) is 2.50. The van der Waals surface area contributed by atoms with Gasteiger partial charge in [-0.2, -0.15) is 0 Å². The smallest absolute Gasteiger partial charge is 0.370 e. The van der Waals surface area contributed by atoms with Crippen LogP contribution in [0, 0.1) is 0 Å². The van der Waals surface area contributed by atoms with Gasteiger partial charge in [-0.3, -0.25) is 0 Å². The molecule has 0 radical (unpaired) electrons. The number of aliphatic hydroxyl groups is 1. The molecule has 0 atom stereocenters. The first-order valence-electron chi connectivity index (χ1n) is 3.59. The number of nitrogens with two attached hydrogens (primary N) is 1. The largest absolute Gasteiger partial charge is 0.502 e. The van der Waals surface area contributed by atoms with Crippen molar-refractivity contribution in [1.82, 2.24) is 0 Å². The zero-order chi connectivity index (χ0) is 9.84. The van der Waals surface area contributed by atoms with Crippen LogP contribution in [0.1, 0.15) is 5.56 Å². The van der Waals surface area contributed by atoms with Crippen molar-refractivity contribution >= 4 is 17.7 Å². The number of carboxylic acids is 1. The van der Waals surface area contributed by atoms with E-state index in [0.29, 0.717) is 11.3 Å². The molecule has 4 N–H and O–H groups in total. The van der Waals surface area contributed by atoms with Gasteiger partial charge in [0.15, 0.2) is 0 Å². The predicted octanol–water partition coefficient (Wildman–Crippen LogP) is 1.25. The van der Waals surface area contributed by atoms with Gasteiger partial charge in [0.1, 0.15) is 0 Å². The van der Waals surface area contributed by atoms with Crippen molar-refractivity contribution in [3.63, 3.8) is 0 Å². The van der Waals surface area contributed by atoms with Crippen molar-refractivity contribution in [3.05, 3.63) is 35.6 Å². The molecule has 0 bridgehead atoms. The van der Waals surface area contributed by atoms with Crippen LogP contribution in [0.2, 0.25) is 0 Å². The Bertz CT molecular complexity index is 340. The summed E-state index contributed by atoms with van der Waals surface area (Å²) >= 11 is 0. The summed E-state index contributed by atoms with van der Waals surface area (Å²) in [7, 11) is 0. The minimum atomic E-state index is -1.35. The van der Waals surface area contributed by atoms with Crippen LogP contribution < -0.4 is 5.73 Å². The normalized spacial score (nSPS) is 11.2. The fourth-order valence-corrected chi connectivity index (χ4v) is 0.812. The fourth-order valence-electron chi connectivity index (χ4n) is 0.812. The van der Waals surface area contributed by atoms with Crippen LogP contribution >= 0.6 is 0 Å². The van der Waals surface area contributed by atoms with E-state index in [1.54, 1.807) is 24.3 Å². The molecule has 0 unspecified atom stereocenters. The van der Waals surface area contributed by atoms with Gasteiger partial charge in [0.05, 0.1) is 0 Å². The van der Waals surface area contributed by atoms with Crippen molar-refractivity contribution in [2.24, 2.45) is 0 Å². The first-order chi connectivity index (χ1) is 6.09. The number of nitrogen functional groups attached to an aromatic ring is 1. The minimum Gasteiger partial charge on any atom is -0.502 e. The number of hydrogen-bond acceptors (Lipinski definition) is 3. The summed E-state index contributed by atoms with van der Waals surface area (Å²) in [5, 5.41) is 17.2. The van der Waals surface area contributed by atoms with Gasteiger partial charge in [0.2, 0.25) is 5.76 Å². The average Bonchev–Trinajstić information content (AvgIpc) is 2.08. The number of aliphatic hydroxyl groups excluding tert-OH is 1. The molecule has 4 heteroatoms. The van der Waals surface area contributed by atoms with Crippen LogP contribution in [0.3, 0.4) is 0 Å². The van der Waals surface area contributed by atoms with Crippen molar-refractivity contribution in [3.8, 4) is 0 Å². The quantitative estimate of drug-likeness (QED) is 0.362. The summed E-state index contributed by atoms with van der Waals surface area (Å²) in [6.07, 6.45) is 1.15. The van der Waals surface area contributed by atoms with E-state index in [0.717, 1.165) is 6.08 Å². The van der Waals surface area contributed by atoms with E-state index < -0.39 is 11.7 Å². The van der Waals surface area contributed by atoms with Crippen LogP contribution in [-0.2, 0) is 4.79 Å². The molecule has 1 rings (SSSR count). The highest BCUT2D eigenvalue weighted by Gasteiger charge is 2.02. The van der Waals surface area contributed by atoms with Crippen LogP contribution in [-0.4, -0.2) is 16.2 Å². The molecule has 0 aliphatic carbocycles. The zero-order valence-electron chi connectivity index (χ0n) is 6.77. The molecule has 0 fully saturated rings. The number of carboxylic acid groups (broad SMARTS) is 1. The van der Waals surface area contributed by atoms with Crippen LogP contribution in [0.5, 0.6) is 0 Å². The van der Waals surface area contributed by atoms with Gasteiger partial charge in [-0.25, -0.2) is 4.79 Å². The van der Waals surface area contributed by atoms with Crippen molar-refractivity contribution < 1.29 is 15.0 Å². The molecule has 0 spiro atoms. The van der Waals surface area contributed by atoms with E-state index in [1.807, 2.05) is 0 Å². The molecule has 0 heterocycles. The Kier molecular flexibility index (Phi) is 2.54. The molecule has 0 aliphatic heterocycles. The molecule has 0 amide bonds. The predicted molar refractivity (Wildman–Crippen MR) is 49.1 cm³/mol. The summed E-state index contributed by atoms with van der Waals surface area (Å²) < 4.78 is 0. The second kappa shape index (κ2) is 3.62. The Morgan fingerprint density at radius 3 is 2.23 bits per heavy atom. The summed E-state index contributed by atoms with van der Waals surface area (Å²) in [6, 6.07) is 6.49. The van der Waals surface area contributed by atoms with Gasteiger partial charge in [0, 0.05) is 5.69 Å². The molecule has 4 nitrogen and oxygen atoms in total. The van der Waals surface area contributed by atoms with Crippen molar-refractivity contribution in [2.45, 2.75) is 0 Å². The number of rotatable bonds is 2. The highest BCUT2D eigenvalue weighted by atomic mass is 16.4. The standard InChI is InChI=1S/C9H9NO3/c10-7-3-1-6(2-4-7)5-8(11)9(12)13/h1-5,11H,10H2,(H,12,13)/b8-5+. The topological polar surface area (TPSA) is 83.5 Å². The summed E-state index contributed by atoms with van der Waals surface area (Å²) in [5.74, 6) is -2.04. The Labute approximate surface area is 74.9 Å². The van der Waals surface area contributed by atoms with E-state index in [1.165, 1.54) is 0 Å². The van der Waals surface area contributed by atoms with Gasteiger partial charge in [-0.05, 0) is 23.8 Å². The third-order valence-electron chi connectivity index (χ3n) is 1.46. The Balaban J connectivity index is 2.92. The molecule has 13 heavy (non-hydrogen) atoms. The van der Waals surface area contributed by atoms with Crippen molar-refractivity contribution in [1.29, 1.82) is 0 Å². The second-order valence-corrected chi connectivity index (χ2v) is 2.50. The van der Waals surface area contributed by atoms with Gasteiger partial charge < -0.3 is 15.9 Å². The van der Waals surface area contributed by atoms with E-state index in [2.05, 4.69) is 0 Å². The Hall–Kier alpha value is -1.97. The van der Waals surface area contributed by atoms with Crippen molar-refractivity contribution in [2.75, 3.05) is 5.73 Å². The van der Waals surface area contributed by atoms with E-state index in [4.69, 9.17) is 15.9 Å². The van der Waals surface area contributed by atoms with E-state index in [9.17, 15) is 4.79 Å². The van der Waals surface area contributed by atoms with Crippen LogP contribution in [0.15, 0.2) is 30.0 Å². The first-order valence-corrected chi connectivity index (χ1v) is 3.59.